The first-order valence-corrected chi connectivity index (χ1v) is 11.7. The van der Waals surface area contributed by atoms with Crippen LogP contribution >= 0.6 is 0 Å². The predicted octanol–water partition coefficient (Wildman–Crippen LogP) is 4.19. The summed E-state index contributed by atoms with van der Waals surface area (Å²) in [7, 11) is 0. The average molecular weight is 458 g/mol. The van der Waals surface area contributed by atoms with Gasteiger partial charge in [0.2, 0.25) is 11.9 Å². The maximum atomic E-state index is 12.8. The summed E-state index contributed by atoms with van der Waals surface area (Å²) >= 11 is 0. The highest BCUT2D eigenvalue weighted by Crippen LogP contribution is 2.23. The molecular weight excluding hydrogens is 426 g/mol. The quantitative estimate of drug-likeness (QED) is 0.527. The molecule has 0 spiro atoms. The van der Waals surface area contributed by atoms with Crippen LogP contribution in [-0.4, -0.2) is 34.7 Å². The number of carbonyl (C=O) groups excluding carboxylic acids is 2. The van der Waals surface area contributed by atoms with Gasteiger partial charge >= 0.3 is 0 Å². The largest absolute Gasteiger partial charge is 0.356 e. The molecule has 0 radical (unpaired) electrons. The molecule has 0 saturated carbocycles. The number of ketones is 1. The van der Waals surface area contributed by atoms with E-state index in [4.69, 9.17) is 0 Å². The van der Waals surface area contributed by atoms with Crippen molar-refractivity contribution in [2.45, 2.75) is 39.7 Å². The summed E-state index contributed by atoms with van der Waals surface area (Å²) < 4.78 is 0. The van der Waals surface area contributed by atoms with Crippen molar-refractivity contribution in [1.29, 1.82) is 0 Å². The fraction of sp³-hybridized carbons (Fsp3) is 0.333. The monoisotopic (exact) mass is 457 g/mol. The third kappa shape index (κ3) is 6.41. The number of nitrogens with one attached hydrogen (secondary N) is 2. The van der Waals surface area contributed by atoms with Crippen molar-refractivity contribution in [3.05, 3.63) is 77.5 Å². The molecule has 1 fully saturated rings. The van der Waals surface area contributed by atoms with Crippen LogP contribution in [0.4, 0.5) is 17.5 Å². The van der Waals surface area contributed by atoms with Crippen molar-refractivity contribution < 1.29 is 9.59 Å². The second-order valence-electron chi connectivity index (χ2n) is 8.93. The zero-order chi connectivity index (χ0) is 23.9. The van der Waals surface area contributed by atoms with E-state index in [1.54, 1.807) is 13.1 Å². The predicted molar refractivity (Wildman–Crippen MR) is 134 cm³/mol. The Labute approximate surface area is 200 Å². The van der Waals surface area contributed by atoms with Crippen molar-refractivity contribution in [2.24, 2.45) is 5.92 Å². The Balaban J connectivity index is 1.35. The first-order valence-electron chi connectivity index (χ1n) is 11.7. The van der Waals surface area contributed by atoms with Gasteiger partial charge in [0.1, 0.15) is 11.6 Å². The topological polar surface area (TPSA) is 87.2 Å². The third-order valence-electron chi connectivity index (χ3n) is 6.01. The molecule has 0 bridgehead atoms. The molecule has 4 rings (SSSR count). The van der Waals surface area contributed by atoms with Gasteiger partial charge in [-0.3, -0.25) is 9.59 Å². The summed E-state index contributed by atoms with van der Waals surface area (Å²) in [4.78, 5) is 35.3. The zero-order valence-electron chi connectivity index (χ0n) is 19.8. The first kappa shape index (κ1) is 23.4. The maximum Gasteiger partial charge on any atom is 0.229 e. The Morgan fingerprint density at radius 3 is 2.50 bits per heavy atom. The Kier molecular flexibility index (Phi) is 7.52. The number of hydrogen-bond acceptors (Lipinski definition) is 6. The van der Waals surface area contributed by atoms with E-state index < -0.39 is 0 Å². The normalized spacial score (nSPS) is 15.6. The number of piperidine rings is 1. The van der Waals surface area contributed by atoms with E-state index in [2.05, 4.69) is 56.7 Å². The minimum absolute atomic E-state index is 0.0700. The standard InChI is InChI=1S/C27H31N5O2/c1-19-5-7-22(8-6-19)17-29-26(34)23-4-3-15-32(18-23)25-13-14-28-27(31-25)30-24-11-9-21(10-12-24)16-20(2)33/h5-14,23H,3-4,15-18H2,1-2H3,(H,29,34)(H,28,30,31)/t23-/m0/s1. The number of Topliss-reactive ketones (excluding diaryl/α,β-unsaturated/α-hetero) is 1. The fourth-order valence-electron chi connectivity index (χ4n) is 4.15. The average Bonchev–Trinajstić information content (AvgIpc) is 2.85. The number of amides is 1. The molecule has 1 aliphatic rings. The molecule has 2 heterocycles. The van der Waals surface area contributed by atoms with Gasteiger partial charge in [0.25, 0.3) is 0 Å². The molecule has 1 aromatic heterocycles. The molecule has 2 aromatic carbocycles. The van der Waals surface area contributed by atoms with E-state index in [1.807, 2.05) is 30.3 Å². The molecule has 7 nitrogen and oxygen atoms in total. The highest BCUT2D eigenvalue weighted by Gasteiger charge is 2.26. The lowest BCUT2D eigenvalue weighted by Gasteiger charge is -2.33. The summed E-state index contributed by atoms with van der Waals surface area (Å²) in [6, 6.07) is 17.8. The first-order chi connectivity index (χ1) is 16.5. The Morgan fingerprint density at radius 2 is 1.76 bits per heavy atom. The number of anilines is 3. The summed E-state index contributed by atoms with van der Waals surface area (Å²) in [6.45, 7) is 5.68. The number of hydrogen-bond donors (Lipinski definition) is 2. The minimum Gasteiger partial charge on any atom is -0.356 e. The summed E-state index contributed by atoms with van der Waals surface area (Å²) in [5.74, 6) is 1.47. The van der Waals surface area contributed by atoms with Crippen LogP contribution in [0.1, 0.15) is 36.5 Å². The molecule has 7 heteroatoms. The number of carbonyl (C=O) groups is 2. The highest BCUT2D eigenvalue weighted by molar-refractivity contribution is 5.79. The van der Waals surface area contributed by atoms with Crippen LogP contribution in [0.3, 0.4) is 0 Å². The SMILES string of the molecule is CC(=O)Cc1ccc(Nc2nccc(N3CCC[C@H](C(=O)NCc4ccc(C)cc4)C3)n2)cc1. The van der Waals surface area contributed by atoms with Gasteiger partial charge < -0.3 is 15.5 Å². The van der Waals surface area contributed by atoms with E-state index in [-0.39, 0.29) is 17.6 Å². The lowest BCUT2D eigenvalue weighted by molar-refractivity contribution is -0.125. The molecule has 34 heavy (non-hydrogen) atoms. The van der Waals surface area contributed by atoms with E-state index in [9.17, 15) is 9.59 Å². The second kappa shape index (κ2) is 10.9. The molecule has 176 valence electrons. The Morgan fingerprint density at radius 1 is 1.03 bits per heavy atom. The van der Waals surface area contributed by atoms with Crippen LogP contribution in [0, 0.1) is 12.8 Å². The summed E-state index contributed by atoms with van der Waals surface area (Å²) in [6.07, 6.45) is 3.98. The van der Waals surface area contributed by atoms with E-state index in [0.717, 1.165) is 42.0 Å². The zero-order valence-corrected chi connectivity index (χ0v) is 19.8. The van der Waals surface area contributed by atoms with Crippen molar-refractivity contribution in [2.75, 3.05) is 23.3 Å². The Hall–Kier alpha value is -3.74. The fourth-order valence-corrected chi connectivity index (χ4v) is 4.15. The van der Waals surface area contributed by atoms with Gasteiger partial charge in [0.15, 0.2) is 0 Å². The molecule has 0 aliphatic carbocycles. The van der Waals surface area contributed by atoms with Crippen LogP contribution in [0.5, 0.6) is 0 Å². The van der Waals surface area contributed by atoms with Gasteiger partial charge in [0, 0.05) is 37.9 Å². The Bertz CT molecular complexity index is 1130. The van der Waals surface area contributed by atoms with E-state index in [0.29, 0.717) is 25.5 Å². The molecule has 0 unspecified atom stereocenters. The van der Waals surface area contributed by atoms with Gasteiger partial charge in [-0.15, -0.1) is 0 Å². The van der Waals surface area contributed by atoms with Gasteiger partial charge in [0.05, 0.1) is 5.92 Å². The maximum absolute atomic E-state index is 12.8. The number of aromatic nitrogens is 2. The lowest BCUT2D eigenvalue weighted by atomic mass is 9.97. The van der Waals surface area contributed by atoms with E-state index in [1.165, 1.54) is 5.56 Å². The number of aryl methyl sites for hydroxylation is 1. The van der Waals surface area contributed by atoms with Crippen LogP contribution < -0.4 is 15.5 Å². The van der Waals surface area contributed by atoms with Crippen molar-refractivity contribution in [3.63, 3.8) is 0 Å². The van der Waals surface area contributed by atoms with Crippen LogP contribution in [-0.2, 0) is 22.6 Å². The molecule has 1 atom stereocenters. The van der Waals surface area contributed by atoms with Crippen LogP contribution in [0.2, 0.25) is 0 Å². The van der Waals surface area contributed by atoms with Crippen LogP contribution in [0.15, 0.2) is 60.8 Å². The smallest absolute Gasteiger partial charge is 0.229 e. The molecule has 3 aromatic rings. The van der Waals surface area contributed by atoms with Crippen LogP contribution in [0.25, 0.3) is 0 Å². The van der Waals surface area contributed by atoms with E-state index >= 15 is 0 Å². The molecular formula is C27H31N5O2. The van der Waals surface area contributed by atoms with Gasteiger partial charge in [-0.05, 0) is 56.0 Å². The van der Waals surface area contributed by atoms with Crippen molar-refractivity contribution in [3.8, 4) is 0 Å². The number of rotatable bonds is 8. The third-order valence-corrected chi connectivity index (χ3v) is 6.01. The number of benzene rings is 2. The number of nitrogens with zero attached hydrogens (tertiary/aromatic N) is 3. The summed E-state index contributed by atoms with van der Waals surface area (Å²) in [5.41, 5.74) is 4.15. The van der Waals surface area contributed by atoms with Gasteiger partial charge in [-0.1, -0.05) is 42.0 Å². The van der Waals surface area contributed by atoms with Gasteiger partial charge in [-0.25, -0.2) is 4.98 Å². The highest BCUT2D eigenvalue weighted by atomic mass is 16.2. The lowest BCUT2D eigenvalue weighted by Crippen LogP contribution is -2.43. The minimum atomic E-state index is -0.0700. The van der Waals surface area contributed by atoms with Crippen molar-refractivity contribution in [1.82, 2.24) is 15.3 Å². The molecule has 1 aliphatic heterocycles. The molecule has 2 N–H and O–H groups in total. The van der Waals surface area contributed by atoms with Crippen molar-refractivity contribution >= 4 is 29.1 Å². The van der Waals surface area contributed by atoms with Gasteiger partial charge in [-0.2, -0.15) is 4.98 Å². The molecule has 1 amide bonds. The summed E-state index contributed by atoms with van der Waals surface area (Å²) in [5, 5.41) is 6.32. The molecule has 1 saturated heterocycles. The second-order valence-corrected chi connectivity index (χ2v) is 8.93.